The van der Waals surface area contributed by atoms with E-state index in [0.29, 0.717) is 18.0 Å². The highest BCUT2D eigenvalue weighted by molar-refractivity contribution is 5.77. The van der Waals surface area contributed by atoms with Crippen molar-refractivity contribution in [1.29, 1.82) is 0 Å². The summed E-state index contributed by atoms with van der Waals surface area (Å²) in [5.74, 6) is 0.630. The lowest BCUT2D eigenvalue weighted by Gasteiger charge is -2.46. The zero-order valence-corrected chi connectivity index (χ0v) is 15.1. The molecule has 3 heterocycles. The van der Waals surface area contributed by atoms with E-state index in [-0.39, 0.29) is 12.5 Å². The number of likely N-dealkylation sites (tertiary alicyclic amines) is 1. The molecule has 0 saturated carbocycles. The number of ether oxygens (including phenoxy) is 1. The Morgan fingerprint density at radius 2 is 1.80 bits per heavy atom. The number of hydrogen-bond acceptors (Lipinski definition) is 4. The Morgan fingerprint density at radius 1 is 1.04 bits per heavy atom. The summed E-state index contributed by atoms with van der Waals surface area (Å²) in [5.41, 5.74) is 1.34. The van der Waals surface area contributed by atoms with Crippen molar-refractivity contribution in [2.24, 2.45) is 5.92 Å². The molecule has 0 unspecified atom stereocenters. The van der Waals surface area contributed by atoms with Crippen LogP contribution in [0.2, 0.25) is 0 Å². The number of para-hydroxylation sites is 1. The summed E-state index contributed by atoms with van der Waals surface area (Å²) in [7, 11) is 1.95. The van der Waals surface area contributed by atoms with Gasteiger partial charge in [-0.05, 0) is 37.9 Å². The van der Waals surface area contributed by atoms with Crippen molar-refractivity contribution < 1.29 is 9.53 Å². The number of rotatable bonds is 2. The molecule has 0 spiro atoms. The van der Waals surface area contributed by atoms with Crippen molar-refractivity contribution in [3.8, 4) is 0 Å². The molecular weight excluding hydrogens is 314 g/mol. The standard InChI is InChI=1S/C20H29N3O2/c1-21-19-13-23(10-7-16(19)14-25-15-20(21)24)18-8-11-22(12-9-18)17-5-3-2-4-6-17/h2-6,16,18-19H,7-15H2,1H3/t16-,19-/m0/s1. The molecule has 0 aliphatic carbocycles. The third-order valence-corrected chi connectivity index (χ3v) is 6.30. The van der Waals surface area contributed by atoms with E-state index in [1.165, 1.54) is 18.5 Å². The molecule has 0 N–H and O–H groups in total. The number of likely N-dealkylation sites (N-methyl/N-ethyl adjacent to an activating group) is 1. The average molecular weight is 343 g/mol. The zero-order valence-electron chi connectivity index (χ0n) is 15.1. The number of fused-ring (bicyclic) bond motifs is 1. The summed E-state index contributed by atoms with van der Waals surface area (Å²) < 4.78 is 5.57. The van der Waals surface area contributed by atoms with Gasteiger partial charge < -0.3 is 14.5 Å². The number of amides is 1. The Balaban J connectivity index is 1.36. The topological polar surface area (TPSA) is 36.0 Å². The minimum absolute atomic E-state index is 0.133. The molecule has 25 heavy (non-hydrogen) atoms. The molecule has 5 heteroatoms. The number of carbonyl (C=O) groups excluding carboxylic acids is 1. The van der Waals surface area contributed by atoms with Gasteiger partial charge >= 0.3 is 0 Å². The number of piperidine rings is 2. The number of carbonyl (C=O) groups is 1. The van der Waals surface area contributed by atoms with Crippen molar-refractivity contribution in [3.05, 3.63) is 30.3 Å². The fraction of sp³-hybridized carbons (Fsp3) is 0.650. The van der Waals surface area contributed by atoms with Crippen molar-refractivity contribution in [1.82, 2.24) is 9.80 Å². The molecule has 3 aliphatic heterocycles. The first-order valence-electron chi connectivity index (χ1n) is 9.60. The van der Waals surface area contributed by atoms with Gasteiger partial charge in [-0.1, -0.05) is 18.2 Å². The summed E-state index contributed by atoms with van der Waals surface area (Å²) in [6.45, 7) is 5.38. The maximum atomic E-state index is 12.1. The maximum absolute atomic E-state index is 12.1. The molecule has 3 aliphatic rings. The molecule has 3 saturated heterocycles. The van der Waals surface area contributed by atoms with Crippen molar-refractivity contribution >= 4 is 11.6 Å². The highest BCUT2D eigenvalue weighted by Crippen LogP contribution is 2.29. The minimum atomic E-state index is 0.133. The summed E-state index contributed by atoms with van der Waals surface area (Å²) in [6.07, 6.45) is 3.56. The first kappa shape index (κ1) is 16.9. The van der Waals surface area contributed by atoms with E-state index in [9.17, 15) is 4.79 Å². The van der Waals surface area contributed by atoms with E-state index in [2.05, 4.69) is 40.1 Å². The SMILES string of the molecule is CN1C(=O)COC[C@@H]2CCN(C3CCN(c4ccccc4)CC3)C[C@@H]21. The van der Waals surface area contributed by atoms with Crippen LogP contribution in [0.5, 0.6) is 0 Å². The average Bonchev–Trinajstić information content (AvgIpc) is 2.81. The second-order valence-electron chi connectivity index (χ2n) is 7.68. The van der Waals surface area contributed by atoms with E-state index in [1.54, 1.807) is 0 Å². The van der Waals surface area contributed by atoms with Gasteiger partial charge in [0.15, 0.2) is 0 Å². The van der Waals surface area contributed by atoms with Gasteiger partial charge in [-0.15, -0.1) is 0 Å². The fourth-order valence-corrected chi connectivity index (χ4v) is 4.68. The molecule has 3 fully saturated rings. The predicted molar refractivity (Wildman–Crippen MR) is 98.7 cm³/mol. The second-order valence-corrected chi connectivity index (χ2v) is 7.68. The lowest BCUT2D eigenvalue weighted by molar-refractivity contribution is -0.135. The molecule has 5 nitrogen and oxygen atoms in total. The molecule has 1 amide bonds. The number of anilines is 1. The Labute approximate surface area is 150 Å². The molecule has 1 aromatic rings. The van der Waals surface area contributed by atoms with Crippen LogP contribution in [-0.2, 0) is 9.53 Å². The number of benzene rings is 1. The van der Waals surface area contributed by atoms with E-state index in [1.807, 2.05) is 11.9 Å². The highest BCUT2D eigenvalue weighted by Gasteiger charge is 2.38. The second kappa shape index (κ2) is 7.34. The van der Waals surface area contributed by atoms with Crippen LogP contribution in [0.15, 0.2) is 30.3 Å². The molecule has 0 radical (unpaired) electrons. The summed E-state index contributed by atoms with van der Waals surface area (Å²) in [5, 5.41) is 0. The van der Waals surface area contributed by atoms with Crippen LogP contribution in [0, 0.1) is 5.92 Å². The fourth-order valence-electron chi connectivity index (χ4n) is 4.68. The van der Waals surface area contributed by atoms with Crippen LogP contribution in [0.4, 0.5) is 5.69 Å². The lowest BCUT2D eigenvalue weighted by atomic mass is 9.89. The largest absolute Gasteiger partial charge is 0.371 e. The van der Waals surface area contributed by atoms with Crippen LogP contribution in [-0.4, -0.2) is 74.2 Å². The Bertz CT molecular complexity index is 586. The highest BCUT2D eigenvalue weighted by atomic mass is 16.5. The van der Waals surface area contributed by atoms with Gasteiger partial charge in [0.1, 0.15) is 6.61 Å². The molecule has 2 atom stereocenters. The molecule has 1 aromatic carbocycles. The van der Waals surface area contributed by atoms with Crippen LogP contribution in [0.1, 0.15) is 19.3 Å². The summed E-state index contributed by atoms with van der Waals surface area (Å²) in [4.78, 5) is 19.2. The number of hydrogen-bond donors (Lipinski definition) is 0. The third-order valence-electron chi connectivity index (χ3n) is 6.30. The van der Waals surface area contributed by atoms with Crippen molar-refractivity contribution in [3.63, 3.8) is 0 Å². The quantitative estimate of drug-likeness (QED) is 0.821. The van der Waals surface area contributed by atoms with Crippen LogP contribution >= 0.6 is 0 Å². The predicted octanol–water partition coefficient (Wildman–Crippen LogP) is 1.83. The van der Waals surface area contributed by atoms with Gasteiger partial charge in [-0.3, -0.25) is 9.69 Å². The maximum Gasteiger partial charge on any atom is 0.248 e. The molecule has 0 bridgehead atoms. The number of nitrogens with zero attached hydrogens (tertiary/aromatic N) is 3. The van der Waals surface area contributed by atoms with E-state index >= 15 is 0 Å². The first-order chi connectivity index (χ1) is 12.2. The lowest BCUT2D eigenvalue weighted by Crippen LogP contribution is -2.57. The molecule has 0 aromatic heterocycles. The minimum Gasteiger partial charge on any atom is -0.371 e. The van der Waals surface area contributed by atoms with Crippen LogP contribution in [0.25, 0.3) is 0 Å². The van der Waals surface area contributed by atoms with Gasteiger partial charge in [0.05, 0.1) is 6.61 Å². The van der Waals surface area contributed by atoms with Gasteiger partial charge in [0, 0.05) is 50.4 Å². The van der Waals surface area contributed by atoms with E-state index < -0.39 is 0 Å². The zero-order chi connectivity index (χ0) is 17.2. The Hall–Kier alpha value is -1.59. The molecular formula is C20H29N3O2. The van der Waals surface area contributed by atoms with Crippen molar-refractivity contribution in [2.45, 2.75) is 31.3 Å². The summed E-state index contributed by atoms with van der Waals surface area (Å²) in [6, 6.07) is 11.7. The van der Waals surface area contributed by atoms with Crippen molar-refractivity contribution in [2.75, 3.05) is 51.3 Å². The van der Waals surface area contributed by atoms with Gasteiger partial charge in [0.25, 0.3) is 0 Å². The smallest absolute Gasteiger partial charge is 0.248 e. The van der Waals surface area contributed by atoms with Gasteiger partial charge in [-0.2, -0.15) is 0 Å². The van der Waals surface area contributed by atoms with Crippen LogP contribution < -0.4 is 4.90 Å². The third kappa shape index (κ3) is 3.53. The molecule has 136 valence electrons. The first-order valence-corrected chi connectivity index (χ1v) is 9.60. The normalized spacial score (nSPS) is 29.4. The summed E-state index contributed by atoms with van der Waals surface area (Å²) >= 11 is 0. The van der Waals surface area contributed by atoms with E-state index in [0.717, 1.165) is 39.2 Å². The van der Waals surface area contributed by atoms with Gasteiger partial charge in [0.2, 0.25) is 5.91 Å². The van der Waals surface area contributed by atoms with Crippen LogP contribution in [0.3, 0.4) is 0 Å². The Kier molecular flexibility index (Phi) is 4.95. The van der Waals surface area contributed by atoms with Gasteiger partial charge in [-0.25, -0.2) is 0 Å². The Morgan fingerprint density at radius 3 is 2.56 bits per heavy atom. The molecule has 4 rings (SSSR count). The van der Waals surface area contributed by atoms with E-state index in [4.69, 9.17) is 4.74 Å². The monoisotopic (exact) mass is 343 g/mol.